The second-order valence-electron chi connectivity index (χ2n) is 5.75. The van der Waals surface area contributed by atoms with Gasteiger partial charge in [0.15, 0.2) is 0 Å². The number of aromatic nitrogens is 2. The summed E-state index contributed by atoms with van der Waals surface area (Å²) >= 11 is 3.45. The summed E-state index contributed by atoms with van der Waals surface area (Å²) in [5.41, 5.74) is 12.0. The third-order valence-electron chi connectivity index (χ3n) is 4.17. The lowest BCUT2D eigenvalue weighted by Crippen LogP contribution is -2.31. The highest BCUT2D eigenvalue weighted by molar-refractivity contribution is 9.10. The van der Waals surface area contributed by atoms with E-state index in [1.807, 2.05) is 36.4 Å². The molecule has 5 nitrogen and oxygen atoms in total. The summed E-state index contributed by atoms with van der Waals surface area (Å²) in [5, 5.41) is 2.86. The molecule has 0 fully saturated rings. The number of carbonyl (C=O) groups is 1. The minimum Gasteiger partial charge on any atom is -0.398 e. The lowest BCUT2D eigenvalue weighted by molar-refractivity contribution is 0.0946. The first kappa shape index (κ1) is 15.0. The van der Waals surface area contributed by atoms with Gasteiger partial charge in [0.05, 0.1) is 11.3 Å². The van der Waals surface area contributed by atoms with Gasteiger partial charge in [-0.2, -0.15) is 0 Å². The van der Waals surface area contributed by atoms with Crippen molar-refractivity contribution < 1.29 is 4.79 Å². The van der Waals surface area contributed by atoms with Crippen LogP contribution in [0.1, 0.15) is 16.1 Å². The fourth-order valence-corrected chi connectivity index (χ4v) is 3.27. The van der Waals surface area contributed by atoms with Gasteiger partial charge in [0.1, 0.15) is 0 Å². The third kappa shape index (κ3) is 2.59. The quantitative estimate of drug-likeness (QED) is 0.594. The summed E-state index contributed by atoms with van der Waals surface area (Å²) in [7, 11) is 0. The van der Waals surface area contributed by atoms with E-state index in [2.05, 4.69) is 31.2 Å². The highest BCUT2D eigenvalue weighted by Gasteiger charge is 2.20. The highest BCUT2D eigenvalue weighted by atomic mass is 79.9. The molecule has 24 heavy (non-hydrogen) atoms. The maximum Gasteiger partial charge on any atom is 0.253 e. The number of halogens is 1. The molecular weight excluding hydrogens is 368 g/mol. The molecule has 0 aliphatic carbocycles. The summed E-state index contributed by atoms with van der Waals surface area (Å²) in [4.78, 5) is 19.7. The number of aromatic amines is 1. The van der Waals surface area contributed by atoms with Crippen molar-refractivity contribution in [3.05, 3.63) is 58.3 Å². The first-order valence-corrected chi connectivity index (χ1v) is 8.43. The van der Waals surface area contributed by atoms with Crippen LogP contribution in [0, 0.1) is 0 Å². The van der Waals surface area contributed by atoms with Gasteiger partial charge < -0.3 is 16.0 Å². The van der Waals surface area contributed by atoms with E-state index >= 15 is 0 Å². The van der Waals surface area contributed by atoms with Crippen LogP contribution >= 0.6 is 15.9 Å². The zero-order chi connectivity index (χ0) is 16.7. The monoisotopic (exact) mass is 382 g/mol. The van der Waals surface area contributed by atoms with E-state index in [0.29, 0.717) is 12.2 Å². The summed E-state index contributed by atoms with van der Waals surface area (Å²) in [6.07, 6.45) is 2.60. The Bertz CT molecular complexity index is 948. The van der Waals surface area contributed by atoms with Crippen LogP contribution in [-0.2, 0) is 6.42 Å². The van der Waals surface area contributed by atoms with Crippen LogP contribution in [0.4, 0.5) is 5.69 Å². The number of H-pyrrole nitrogens is 1. The van der Waals surface area contributed by atoms with E-state index < -0.39 is 0 Å². The fourth-order valence-electron chi connectivity index (χ4n) is 2.89. The molecule has 1 aliphatic rings. The molecule has 2 aromatic heterocycles. The van der Waals surface area contributed by atoms with Gasteiger partial charge >= 0.3 is 0 Å². The van der Waals surface area contributed by atoms with Gasteiger partial charge in [-0.15, -0.1) is 0 Å². The Kier molecular flexibility index (Phi) is 3.61. The molecule has 120 valence electrons. The number of nitrogens with two attached hydrogens (primary N) is 1. The van der Waals surface area contributed by atoms with Gasteiger partial charge in [-0.1, -0.05) is 6.07 Å². The van der Waals surface area contributed by atoms with Crippen LogP contribution < -0.4 is 11.1 Å². The van der Waals surface area contributed by atoms with Gasteiger partial charge in [-0.3, -0.25) is 9.78 Å². The number of hydrogen-bond donors (Lipinski definition) is 3. The van der Waals surface area contributed by atoms with Gasteiger partial charge in [0.25, 0.3) is 5.91 Å². The molecule has 1 amide bonds. The molecule has 0 bridgehead atoms. The van der Waals surface area contributed by atoms with Crippen LogP contribution in [0.25, 0.3) is 22.5 Å². The van der Waals surface area contributed by atoms with E-state index in [0.717, 1.165) is 44.7 Å². The second-order valence-corrected chi connectivity index (χ2v) is 6.60. The Morgan fingerprint density at radius 1 is 1.12 bits per heavy atom. The number of nitrogens with one attached hydrogen (secondary N) is 2. The summed E-state index contributed by atoms with van der Waals surface area (Å²) in [6.45, 7) is 0.673. The largest absolute Gasteiger partial charge is 0.398 e. The van der Waals surface area contributed by atoms with Crippen molar-refractivity contribution in [1.29, 1.82) is 0 Å². The number of pyridine rings is 1. The minimum absolute atomic E-state index is 0.0181. The van der Waals surface area contributed by atoms with E-state index in [1.165, 1.54) is 0 Å². The molecule has 3 heterocycles. The van der Waals surface area contributed by atoms with Crippen molar-refractivity contribution in [1.82, 2.24) is 15.3 Å². The van der Waals surface area contributed by atoms with E-state index in [-0.39, 0.29) is 5.91 Å². The van der Waals surface area contributed by atoms with Gasteiger partial charge in [-0.05, 0) is 46.3 Å². The van der Waals surface area contributed by atoms with Gasteiger partial charge in [-0.25, -0.2) is 0 Å². The molecule has 0 atom stereocenters. The Labute approximate surface area is 147 Å². The van der Waals surface area contributed by atoms with E-state index in [4.69, 9.17) is 5.73 Å². The maximum atomic E-state index is 11.9. The molecule has 3 aromatic rings. The van der Waals surface area contributed by atoms with Crippen LogP contribution in [-0.4, -0.2) is 22.4 Å². The average Bonchev–Trinajstić information content (AvgIpc) is 3.03. The van der Waals surface area contributed by atoms with Crippen molar-refractivity contribution >= 4 is 27.5 Å². The molecule has 6 heteroatoms. The number of rotatable bonds is 2. The van der Waals surface area contributed by atoms with Crippen molar-refractivity contribution in [3.8, 4) is 22.5 Å². The molecule has 1 aromatic carbocycles. The number of carbonyl (C=O) groups excluding carboxylic acids is 1. The number of nitrogen functional groups attached to an aromatic ring is 1. The van der Waals surface area contributed by atoms with Gasteiger partial charge in [0.2, 0.25) is 0 Å². The average molecular weight is 383 g/mol. The fraction of sp³-hybridized carbons (Fsp3) is 0.111. The molecular formula is C18H15BrN4O. The molecule has 0 spiro atoms. The van der Waals surface area contributed by atoms with Crippen molar-refractivity contribution in [3.63, 3.8) is 0 Å². The second kappa shape index (κ2) is 5.79. The first-order chi connectivity index (χ1) is 11.6. The molecule has 0 unspecified atom stereocenters. The summed E-state index contributed by atoms with van der Waals surface area (Å²) < 4.78 is 0.846. The molecule has 0 radical (unpaired) electrons. The Balaban J connectivity index is 1.75. The van der Waals surface area contributed by atoms with Crippen LogP contribution in [0.5, 0.6) is 0 Å². The molecule has 4 N–H and O–H groups in total. The van der Waals surface area contributed by atoms with Crippen molar-refractivity contribution in [2.24, 2.45) is 0 Å². The summed E-state index contributed by atoms with van der Waals surface area (Å²) in [6, 6.07) is 11.6. The molecule has 0 saturated heterocycles. The topological polar surface area (TPSA) is 83.8 Å². The smallest absolute Gasteiger partial charge is 0.253 e. The molecule has 0 saturated carbocycles. The maximum absolute atomic E-state index is 11.9. The number of benzene rings is 1. The number of fused-ring (bicyclic) bond motifs is 1. The van der Waals surface area contributed by atoms with Gasteiger partial charge in [0, 0.05) is 51.8 Å². The predicted octanol–water partition coefficient (Wildman–Crippen LogP) is 3.37. The van der Waals surface area contributed by atoms with Crippen molar-refractivity contribution in [2.75, 3.05) is 12.3 Å². The number of amides is 1. The SMILES string of the molecule is Nc1ccc(-c2cc(-c3cc4c([nH]3)CCNC4=O)ccn2)cc1Br. The van der Waals surface area contributed by atoms with E-state index in [1.54, 1.807) is 6.20 Å². The Hall–Kier alpha value is -2.60. The number of nitrogens with zero attached hydrogens (tertiary/aromatic N) is 1. The van der Waals surface area contributed by atoms with E-state index in [9.17, 15) is 4.79 Å². The zero-order valence-corrected chi connectivity index (χ0v) is 14.4. The van der Waals surface area contributed by atoms with Crippen molar-refractivity contribution in [2.45, 2.75) is 6.42 Å². The normalized spacial score (nSPS) is 13.5. The standard InChI is InChI=1S/C18H15BrN4O/c19-13-7-10(1-2-14(13)20)16-8-11(3-5-21-16)17-9-12-15(23-17)4-6-22-18(12)24/h1-3,5,7-9,23H,4,6,20H2,(H,22,24). The number of hydrogen-bond acceptors (Lipinski definition) is 3. The summed E-state index contributed by atoms with van der Waals surface area (Å²) in [5.74, 6) is -0.0181. The molecule has 1 aliphatic heterocycles. The zero-order valence-electron chi connectivity index (χ0n) is 12.8. The highest BCUT2D eigenvalue weighted by Crippen LogP contribution is 2.29. The lowest BCUT2D eigenvalue weighted by atomic mass is 10.1. The Morgan fingerprint density at radius 3 is 2.79 bits per heavy atom. The minimum atomic E-state index is -0.0181. The Morgan fingerprint density at radius 2 is 2.00 bits per heavy atom. The van der Waals surface area contributed by atoms with Crippen LogP contribution in [0.3, 0.4) is 0 Å². The molecule has 4 rings (SSSR count). The predicted molar refractivity (Wildman–Crippen MR) is 97.6 cm³/mol. The van der Waals surface area contributed by atoms with Crippen LogP contribution in [0.2, 0.25) is 0 Å². The first-order valence-electron chi connectivity index (χ1n) is 7.64. The third-order valence-corrected chi connectivity index (χ3v) is 4.86. The van der Waals surface area contributed by atoms with Crippen LogP contribution in [0.15, 0.2) is 47.1 Å². The lowest BCUT2D eigenvalue weighted by Gasteiger charge is -2.11. The number of anilines is 1.